The quantitative estimate of drug-likeness (QED) is 0.645. The van der Waals surface area contributed by atoms with Gasteiger partial charge in [-0.25, -0.2) is 0 Å². The van der Waals surface area contributed by atoms with Gasteiger partial charge < -0.3 is 0 Å². The average molecular weight is 332 g/mol. The Morgan fingerprint density at radius 2 is 1.85 bits per heavy atom. The largest absolute Gasteiger partial charge is 0.268 e. The summed E-state index contributed by atoms with van der Waals surface area (Å²) in [6.45, 7) is 6.02. The van der Waals surface area contributed by atoms with Crippen molar-refractivity contribution in [1.29, 1.82) is 0 Å². The topological polar surface area (TPSA) is 30.7 Å². The van der Waals surface area contributed by atoms with Crippen LogP contribution < -0.4 is 0 Å². The molecule has 0 atom stereocenters. The van der Waals surface area contributed by atoms with Gasteiger partial charge in [0, 0.05) is 34.4 Å². The van der Waals surface area contributed by atoms with Gasteiger partial charge in [-0.05, 0) is 46.6 Å². The monoisotopic (exact) mass is 331 g/mol. The molecule has 3 nitrogen and oxygen atoms in total. The number of rotatable bonds is 1. The third-order valence-electron chi connectivity index (χ3n) is 3.11. The molecule has 20 heavy (non-hydrogen) atoms. The number of hydrogen-bond acceptors (Lipinski definition) is 2. The molecule has 0 aliphatic rings. The van der Waals surface area contributed by atoms with E-state index in [-0.39, 0.29) is 0 Å². The number of benzene rings is 1. The molecule has 0 bridgehead atoms. The Bertz CT molecular complexity index is 732. The molecule has 0 aliphatic heterocycles. The van der Waals surface area contributed by atoms with Gasteiger partial charge in [0.05, 0.1) is 11.7 Å². The van der Waals surface area contributed by atoms with Gasteiger partial charge in [0.15, 0.2) is 0 Å². The number of aryl methyl sites for hydroxylation is 2. The fourth-order valence-electron chi connectivity index (χ4n) is 2.13. The Hall–Kier alpha value is -1.68. The van der Waals surface area contributed by atoms with Crippen molar-refractivity contribution in [3.8, 4) is 11.1 Å². The van der Waals surface area contributed by atoms with Crippen LogP contribution in [0.25, 0.3) is 22.0 Å². The Labute approximate surface area is 127 Å². The average Bonchev–Trinajstić information content (AvgIpc) is 2.85. The maximum absolute atomic E-state index is 4.37. The minimum atomic E-state index is 0.995. The predicted octanol–water partition coefficient (Wildman–Crippen LogP) is 4.73. The van der Waals surface area contributed by atoms with Crippen molar-refractivity contribution in [2.75, 3.05) is 0 Å². The van der Waals surface area contributed by atoms with Crippen LogP contribution in [-0.2, 0) is 7.05 Å². The van der Waals surface area contributed by atoms with Crippen molar-refractivity contribution >= 4 is 26.8 Å². The van der Waals surface area contributed by atoms with Crippen LogP contribution in [0, 0.1) is 6.92 Å². The molecule has 1 aromatic carbocycles. The standard InChI is InChI=1S/C14H12BrN3.C2H6/c1-9-13(6-12(15)8-16-9)10-3-4-14-11(5-10)7-17-18(14)2;1-2/h3-8H,1-2H3;1-2H3. The molecule has 3 aromatic rings. The molecule has 0 saturated carbocycles. The number of fused-ring (bicyclic) bond motifs is 1. The van der Waals surface area contributed by atoms with E-state index in [9.17, 15) is 0 Å². The van der Waals surface area contributed by atoms with Gasteiger partial charge in [0.2, 0.25) is 0 Å². The summed E-state index contributed by atoms with van der Waals surface area (Å²) in [6.07, 6.45) is 3.71. The second kappa shape index (κ2) is 6.18. The first kappa shape index (κ1) is 14.7. The van der Waals surface area contributed by atoms with Gasteiger partial charge in [-0.3, -0.25) is 9.67 Å². The van der Waals surface area contributed by atoms with Gasteiger partial charge in [0.25, 0.3) is 0 Å². The van der Waals surface area contributed by atoms with Crippen LogP contribution in [-0.4, -0.2) is 14.8 Å². The van der Waals surface area contributed by atoms with Crippen molar-refractivity contribution in [2.24, 2.45) is 7.05 Å². The molecular formula is C16H18BrN3. The highest BCUT2D eigenvalue weighted by Crippen LogP contribution is 2.27. The third kappa shape index (κ3) is 2.75. The molecule has 4 heteroatoms. The smallest absolute Gasteiger partial charge is 0.0679 e. The molecule has 3 rings (SSSR count). The van der Waals surface area contributed by atoms with E-state index in [2.05, 4.69) is 50.3 Å². The Morgan fingerprint density at radius 1 is 1.10 bits per heavy atom. The summed E-state index contributed by atoms with van der Waals surface area (Å²) < 4.78 is 2.87. The van der Waals surface area contributed by atoms with Crippen LogP contribution in [0.5, 0.6) is 0 Å². The first-order valence-corrected chi connectivity index (χ1v) is 7.49. The van der Waals surface area contributed by atoms with Crippen molar-refractivity contribution in [2.45, 2.75) is 20.8 Å². The van der Waals surface area contributed by atoms with E-state index in [1.165, 1.54) is 5.56 Å². The summed E-state index contributed by atoms with van der Waals surface area (Å²) in [5.41, 5.74) is 4.48. The van der Waals surface area contributed by atoms with E-state index in [4.69, 9.17) is 0 Å². The lowest BCUT2D eigenvalue weighted by Gasteiger charge is -2.06. The van der Waals surface area contributed by atoms with Gasteiger partial charge in [-0.2, -0.15) is 5.10 Å². The molecule has 0 saturated heterocycles. The van der Waals surface area contributed by atoms with Crippen LogP contribution in [0.2, 0.25) is 0 Å². The summed E-state index contributed by atoms with van der Waals surface area (Å²) in [5.74, 6) is 0. The van der Waals surface area contributed by atoms with Crippen LogP contribution >= 0.6 is 15.9 Å². The van der Waals surface area contributed by atoms with E-state index in [0.717, 1.165) is 26.6 Å². The highest BCUT2D eigenvalue weighted by Gasteiger charge is 2.06. The van der Waals surface area contributed by atoms with E-state index in [1.54, 1.807) is 0 Å². The maximum atomic E-state index is 4.37. The van der Waals surface area contributed by atoms with Crippen molar-refractivity contribution in [3.05, 3.63) is 46.8 Å². The van der Waals surface area contributed by atoms with Crippen LogP contribution in [0.1, 0.15) is 19.5 Å². The van der Waals surface area contributed by atoms with Gasteiger partial charge >= 0.3 is 0 Å². The summed E-state index contributed by atoms with van der Waals surface area (Å²) in [7, 11) is 1.95. The lowest BCUT2D eigenvalue weighted by molar-refractivity contribution is 0.797. The first-order valence-electron chi connectivity index (χ1n) is 6.69. The van der Waals surface area contributed by atoms with E-state index in [1.807, 2.05) is 44.9 Å². The number of hydrogen-bond donors (Lipinski definition) is 0. The fourth-order valence-corrected chi connectivity index (χ4v) is 2.46. The summed E-state index contributed by atoms with van der Waals surface area (Å²) in [4.78, 5) is 4.37. The van der Waals surface area contributed by atoms with E-state index in [0.29, 0.717) is 0 Å². The highest BCUT2D eigenvalue weighted by atomic mass is 79.9. The Kier molecular flexibility index (Phi) is 4.55. The van der Waals surface area contributed by atoms with Crippen molar-refractivity contribution in [3.63, 3.8) is 0 Å². The second-order valence-corrected chi connectivity index (χ2v) is 5.24. The minimum Gasteiger partial charge on any atom is -0.268 e. The molecular weight excluding hydrogens is 314 g/mol. The molecule has 2 aromatic heterocycles. The zero-order valence-corrected chi connectivity index (χ0v) is 13.8. The molecule has 0 radical (unpaired) electrons. The number of aromatic nitrogens is 3. The van der Waals surface area contributed by atoms with Gasteiger partial charge in [-0.15, -0.1) is 0 Å². The van der Waals surface area contributed by atoms with Gasteiger partial charge in [0.1, 0.15) is 0 Å². The van der Waals surface area contributed by atoms with E-state index >= 15 is 0 Å². The SMILES string of the molecule is CC.Cc1ncc(Br)cc1-c1ccc2c(cnn2C)c1. The molecule has 0 spiro atoms. The molecule has 0 N–H and O–H groups in total. The number of halogens is 1. The Balaban J connectivity index is 0.000000704. The molecule has 0 unspecified atom stereocenters. The maximum Gasteiger partial charge on any atom is 0.0679 e. The lowest BCUT2D eigenvalue weighted by Crippen LogP contribution is -1.90. The van der Waals surface area contributed by atoms with Crippen LogP contribution in [0.4, 0.5) is 0 Å². The molecule has 0 amide bonds. The highest BCUT2D eigenvalue weighted by molar-refractivity contribution is 9.10. The van der Waals surface area contributed by atoms with Crippen molar-refractivity contribution < 1.29 is 0 Å². The lowest BCUT2D eigenvalue weighted by atomic mass is 10.0. The minimum absolute atomic E-state index is 0.995. The normalized spacial score (nSPS) is 10.2. The van der Waals surface area contributed by atoms with Crippen molar-refractivity contribution in [1.82, 2.24) is 14.8 Å². The van der Waals surface area contributed by atoms with Crippen LogP contribution in [0.3, 0.4) is 0 Å². The summed E-state index contributed by atoms with van der Waals surface area (Å²) in [6, 6.07) is 8.46. The van der Waals surface area contributed by atoms with Gasteiger partial charge in [-0.1, -0.05) is 19.9 Å². The molecule has 104 valence electrons. The first-order chi connectivity index (χ1) is 9.65. The summed E-state index contributed by atoms with van der Waals surface area (Å²) >= 11 is 3.47. The molecule has 0 fully saturated rings. The zero-order valence-electron chi connectivity index (χ0n) is 12.2. The number of nitrogens with zero attached hydrogens (tertiary/aromatic N) is 3. The fraction of sp³-hybridized carbons (Fsp3) is 0.250. The zero-order chi connectivity index (χ0) is 14.7. The third-order valence-corrected chi connectivity index (χ3v) is 3.54. The summed E-state index contributed by atoms with van der Waals surface area (Å²) in [5, 5.41) is 5.41. The molecule has 0 aliphatic carbocycles. The molecule has 2 heterocycles. The predicted molar refractivity (Wildman–Crippen MR) is 87.7 cm³/mol. The second-order valence-electron chi connectivity index (χ2n) is 4.33. The van der Waals surface area contributed by atoms with E-state index < -0.39 is 0 Å². The Morgan fingerprint density at radius 3 is 2.60 bits per heavy atom. The van der Waals surface area contributed by atoms with Crippen LogP contribution in [0.15, 0.2) is 41.1 Å². The number of pyridine rings is 1.